The van der Waals surface area contributed by atoms with Crippen molar-refractivity contribution in [2.75, 3.05) is 18.0 Å². The van der Waals surface area contributed by atoms with E-state index in [0.29, 0.717) is 18.6 Å². The van der Waals surface area contributed by atoms with Crippen LogP contribution in [0.25, 0.3) is 11.3 Å². The summed E-state index contributed by atoms with van der Waals surface area (Å²) in [6, 6.07) is 5.90. The molecule has 0 N–H and O–H groups in total. The minimum atomic E-state index is 0.338. The minimum absolute atomic E-state index is 0.338. The van der Waals surface area contributed by atoms with Gasteiger partial charge >= 0.3 is 0 Å². The van der Waals surface area contributed by atoms with Crippen LogP contribution in [0.15, 0.2) is 30.6 Å². The van der Waals surface area contributed by atoms with E-state index < -0.39 is 0 Å². The molecule has 1 aliphatic rings. The van der Waals surface area contributed by atoms with Gasteiger partial charge in [0.25, 0.3) is 0 Å². The van der Waals surface area contributed by atoms with Crippen LogP contribution >= 0.6 is 0 Å². The Morgan fingerprint density at radius 2 is 1.86 bits per heavy atom. The van der Waals surface area contributed by atoms with E-state index in [1.54, 1.807) is 12.4 Å². The van der Waals surface area contributed by atoms with Gasteiger partial charge in [-0.1, -0.05) is 6.92 Å². The molecular formula is C16H18N4O. The van der Waals surface area contributed by atoms with Gasteiger partial charge in [-0.2, -0.15) is 0 Å². The fraction of sp³-hybridized carbons (Fsp3) is 0.375. The van der Waals surface area contributed by atoms with E-state index in [9.17, 15) is 4.79 Å². The molecule has 0 saturated carbocycles. The van der Waals surface area contributed by atoms with Gasteiger partial charge in [0.15, 0.2) is 0 Å². The first kappa shape index (κ1) is 13.7. The number of hydrogen-bond acceptors (Lipinski definition) is 5. The van der Waals surface area contributed by atoms with E-state index in [0.717, 1.165) is 42.4 Å². The fourth-order valence-corrected chi connectivity index (χ4v) is 2.46. The molecule has 1 aliphatic heterocycles. The van der Waals surface area contributed by atoms with Crippen molar-refractivity contribution in [2.24, 2.45) is 0 Å². The Bertz CT molecular complexity index is 632. The van der Waals surface area contributed by atoms with Gasteiger partial charge in [-0.25, -0.2) is 9.97 Å². The number of rotatable bonds is 3. The average Bonchev–Trinajstić information content (AvgIpc) is 2.56. The normalized spacial score (nSPS) is 15.3. The third kappa shape index (κ3) is 3.07. The van der Waals surface area contributed by atoms with Gasteiger partial charge in [0.1, 0.15) is 17.4 Å². The smallest absolute Gasteiger partial charge is 0.136 e. The predicted octanol–water partition coefficient (Wildman–Crippen LogP) is 2.27. The molecule has 0 unspecified atom stereocenters. The summed E-state index contributed by atoms with van der Waals surface area (Å²) in [5, 5.41) is 0. The summed E-state index contributed by atoms with van der Waals surface area (Å²) in [6.45, 7) is 3.54. The Labute approximate surface area is 124 Å². The van der Waals surface area contributed by atoms with Gasteiger partial charge in [0.2, 0.25) is 0 Å². The molecule has 0 aromatic carbocycles. The number of aromatic nitrogens is 3. The molecule has 1 fully saturated rings. The standard InChI is InChI=1S/C16H18N4O/c1-2-15-18-14(12-3-7-17-8-4-12)11-16(19-15)20-9-5-13(21)6-10-20/h3-4,7-8,11H,2,5-6,9-10H2,1H3. The number of anilines is 1. The molecule has 1 saturated heterocycles. The van der Waals surface area contributed by atoms with Crippen molar-refractivity contribution in [3.05, 3.63) is 36.4 Å². The molecule has 0 atom stereocenters. The third-order valence-electron chi connectivity index (χ3n) is 3.70. The number of pyridine rings is 1. The lowest BCUT2D eigenvalue weighted by Gasteiger charge is -2.27. The largest absolute Gasteiger partial charge is 0.356 e. The van der Waals surface area contributed by atoms with Crippen LogP contribution in [0.3, 0.4) is 0 Å². The predicted molar refractivity (Wildman–Crippen MR) is 81.1 cm³/mol. The number of nitrogens with zero attached hydrogens (tertiary/aromatic N) is 4. The maximum Gasteiger partial charge on any atom is 0.136 e. The van der Waals surface area contributed by atoms with Crippen molar-refractivity contribution in [2.45, 2.75) is 26.2 Å². The molecule has 5 heteroatoms. The molecule has 2 aromatic rings. The number of hydrogen-bond donors (Lipinski definition) is 0. The zero-order chi connectivity index (χ0) is 14.7. The second-order valence-corrected chi connectivity index (χ2v) is 5.14. The summed E-state index contributed by atoms with van der Waals surface area (Å²) >= 11 is 0. The molecule has 0 amide bonds. The van der Waals surface area contributed by atoms with Gasteiger partial charge in [-0.15, -0.1) is 0 Å². The van der Waals surface area contributed by atoms with E-state index >= 15 is 0 Å². The van der Waals surface area contributed by atoms with Gasteiger partial charge in [-0.3, -0.25) is 9.78 Å². The molecule has 0 radical (unpaired) electrons. The van der Waals surface area contributed by atoms with Crippen LogP contribution in [-0.4, -0.2) is 33.8 Å². The van der Waals surface area contributed by atoms with Gasteiger partial charge in [0, 0.05) is 56.4 Å². The summed E-state index contributed by atoms with van der Waals surface area (Å²) in [4.78, 5) is 26.8. The van der Waals surface area contributed by atoms with Crippen molar-refractivity contribution >= 4 is 11.6 Å². The number of aryl methyl sites for hydroxylation is 1. The maximum absolute atomic E-state index is 11.4. The second-order valence-electron chi connectivity index (χ2n) is 5.14. The van der Waals surface area contributed by atoms with Gasteiger partial charge in [0.05, 0.1) is 5.69 Å². The van der Waals surface area contributed by atoms with Crippen LogP contribution in [0.1, 0.15) is 25.6 Å². The Hall–Kier alpha value is -2.30. The van der Waals surface area contributed by atoms with Crippen LogP contribution in [0.4, 0.5) is 5.82 Å². The van der Waals surface area contributed by atoms with Crippen molar-refractivity contribution in [3.63, 3.8) is 0 Å². The molecule has 0 spiro atoms. The highest BCUT2D eigenvalue weighted by Crippen LogP contribution is 2.23. The first-order valence-electron chi connectivity index (χ1n) is 7.31. The highest BCUT2D eigenvalue weighted by Gasteiger charge is 2.18. The molecule has 5 nitrogen and oxygen atoms in total. The van der Waals surface area contributed by atoms with E-state index in [-0.39, 0.29) is 0 Å². The number of carbonyl (C=O) groups is 1. The first-order chi connectivity index (χ1) is 10.3. The number of carbonyl (C=O) groups excluding carboxylic acids is 1. The van der Waals surface area contributed by atoms with E-state index in [1.807, 2.05) is 18.2 Å². The molecule has 0 aliphatic carbocycles. The Morgan fingerprint density at radius 1 is 1.14 bits per heavy atom. The number of Topliss-reactive ketones (excluding diaryl/α,β-unsaturated/α-hetero) is 1. The summed E-state index contributed by atoms with van der Waals surface area (Å²) < 4.78 is 0. The highest BCUT2D eigenvalue weighted by molar-refractivity contribution is 5.81. The van der Waals surface area contributed by atoms with Crippen LogP contribution in [0.5, 0.6) is 0 Å². The Kier molecular flexibility index (Phi) is 3.90. The summed E-state index contributed by atoms with van der Waals surface area (Å²) in [6.07, 6.45) is 5.54. The SMILES string of the molecule is CCc1nc(-c2ccncc2)cc(N2CCC(=O)CC2)n1. The van der Waals surface area contributed by atoms with E-state index in [4.69, 9.17) is 0 Å². The van der Waals surface area contributed by atoms with E-state index in [1.165, 1.54) is 0 Å². The third-order valence-corrected chi connectivity index (χ3v) is 3.70. The highest BCUT2D eigenvalue weighted by atomic mass is 16.1. The molecule has 21 heavy (non-hydrogen) atoms. The molecule has 108 valence electrons. The van der Waals surface area contributed by atoms with Crippen molar-refractivity contribution in [3.8, 4) is 11.3 Å². The van der Waals surface area contributed by atoms with Crippen LogP contribution in [-0.2, 0) is 11.2 Å². The average molecular weight is 282 g/mol. The molecule has 2 aromatic heterocycles. The first-order valence-corrected chi connectivity index (χ1v) is 7.31. The summed E-state index contributed by atoms with van der Waals surface area (Å²) in [7, 11) is 0. The van der Waals surface area contributed by atoms with Gasteiger partial charge in [-0.05, 0) is 12.1 Å². The lowest BCUT2D eigenvalue weighted by atomic mass is 10.1. The number of piperidine rings is 1. The van der Waals surface area contributed by atoms with Gasteiger partial charge < -0.3 is 4.90 Å². The van der Waals surface area contributed by atoms with Crippen LogP contribution in [0, 0.1) is 0 Å². The quantitative estimate of drug-likeness (QED) is 0.864. The molecular weight excluding hydrogens is 264 g/mol. The van der Waals surface area contributed by atoms with Crippen molar-refractivity contribution in [1.29, 1.82) is 0 Å². The Morgan fingerprint density at radius 3 is 2.52 bits per heavy atom. The van der Waals surface area contributed by atoms with Crippen molar-refractivity contribution < 1.29 is 4.79 Å². The monoisotopic (exact) mass is 282 g/mol. The lowest BCUT2D eigenvalue weighted by Crippen LogP contribution is -2.34. The molecule has 3 heterocycles. The van der Waals surface area contributed by atoms with Crippen molar-refractivity contribution in [1.82, 2.24) is 15.0 Å². The molecule has 3 rings (SSSR count). The summed E-state index contributed by atoms with van der Waals surface area (Å²) in [5.74, 6) is 2.09. The fourth-order valence-electron chi connectivity index (χ4n) is 2.46. The lowest BCUT2D eigenvalue weighted by molar-refractivity contribution is -0.119. The van der Waals surface area contributed by atoms with E-state index in [2.05, 4.69) is 26.8 Å². The minimum Gasteiger partial charge on any atom is -0.356 e. The maximum atomic E-state index is 11.4. The second kappa shape index (κ2) is 5.99. The topological polar surface area (TPSA) is 59.0 Å². The number of ketones is 1. The van der Waals surface area contributed by atoms with Crippen LogP contribution in [0.2, 0.25) is 0 Å². The zero-order valence-electron chi connectivity index (χ0n) is 12.1. The Balaban J connectivity index is 1.95. The zero-order valence-corrected chi connectivity index (χ0v) is 12.1. The van der Waals surface area contributed by atoms with Crippen LogP contribution < -0.4 is 4.90 Å². The summed E-state index contributed by atoms with van der Waals surface area (Å²) in [5.41, 5.74) is 1.95. The molecule has 0 bridgehead atoms.